The Balaban J connectivity index is 0.00000320. The van der Waals surface area contributed by atoms with Crippen LogP contribution in [0.5, 0.6) is 0 Å². The van der Waals surface area contributed by atoms with Gasteiger partial charge >= 0.3 is 0 Å². The molecule has 1 N–H and O–H groups in total. The zero-order chi connectivity index (χ0) is 20.5. The fourth-order valence-corrected chi connectivity index (χ4v) is 3.71. The molecule has 1 saturated heterocycles. The predicted molar refractivity (Wildman–Crippen MR) is 135 cm³/mol. The molecule has 7 nitrogen and oxygen atoms in total. The van der Waals surface area contributed by atoms with Gasteiger partial charge in [-0.3, -0.25) is 9.89 Å². The summed E-state index contributed by atoms with van der Waals surface area (Å²) in [5.41, 5.74) is 1.17. The summed E-state index contributed by atoms with van der Waals surface area (Å²) in [4.78, 5) is 20.0. The molecule has 0 unspecified atom stereocenters. The van der Waals surface area contributed by atoms with Gasteiger partial charge in [0.05, 0.1) is 0 Å². The minimum absolute atomic E-state index is 0. The zero-order valence-corrected chi connectivity index (χ0v) is 20.8. The first kappa shape index (κ1) is 24.6. The summed E-state index contributed by atoms with van der Waals surface area (Å²) in [6.45, 7) is 6.77. The van der Waals surface area contributed by atoms with Crippen molar-refractivity contribution in [2.45, 2.75) is 13.0 Å². The Morgan fingerprint density at radius 2 is 1.90 bits per heavy atom. The first-order valence-electron chi connectivity index (χ1n) is 10.1. The molecule has 2 heterocycles. The predicted octanol–water partition coefficient (Wildman–Crippen LogP) is 2.97. The van der Waals surface area contributed by atoms with Crippen LogP contribution in [0, 0.1) is 0 Å². The first-order chi connectivity index (χ1) is 14.2. The number of aliphatic imine (C=N–C) groups is 1. The lowest BCUT2D eigenvalue weighted by molar-refractivity contribution is 0.254. The fourth-order valence-electron chi connectivity index (χ4n) is 3.50. The van der Waals surface area contributed by atoms with Crippen molar-refractivity contribution in [1.82, 2.24) is 25.1 Å². The largest absolute Gasteiger partial charge is 0.356 e. The number of aromatic nitrogens is 2. The number of nitrogens with zero attached hydrogens (tertiary/aromatic N) is 6. The molecule has 0 atom stereocenters. The minimum Gasteiger partial charge on any atom is -0.356 e. The average Bonchev–Trinajstić information content (AvgIpc) is 2.75. The summed E-state index contributed by atoms with van der Waals surface area (Å²) in [5.74, 6) is 1.73. The summed E-state index contributed by atoms with van der Waals surface area (Å²) >= 11 is 6.08. The number of rotatable bonds is 7. The first-order valence-corrected chi connectivity index (χ1v) is 10.4. The molecule has 9 heteroatoms. The Hall–Kier alpha value is -1.65. The fraction of sp³-hybridized carbons (Fsp3) is 0.476. The van der Waals surface area contributed by atoms with Gasteiger partial charge in [-0.2, -0.15) is 0 Å². The van der Waals surface area contributed by atoms with Crippen LogP contribution in [-0.2, 0) is 6.54 Å². The van der Waals surface area contributed by atoms with E-state index in [-0.39, 0.29) is 24.0 Å². The molecule has 0 spiro atoms. The molecule has 0 radical (unpaired) electrons. The summed E-state index contributed by atoms with van der Waals surface area (Å²) in [7, 11) is 3.86. The van der Waals surface area contributed by atoms with E-state index in [9.17, 15) is 0 Å². The molecule has 0 bridgehead atoms. The third kappa shape index (κ3) is 7.55. The van der Waals surface area contributed by atoms with E-state index in [1.165, 1.54) is 5.56 Å². The molecule has 0 amide bonds. The van der Waals surface area contributed by atoms with Gasteiger partial charge in [0.1, 0.15) is 0 Å². The molecule has 1 aromatic carbocycles. The molecule has 0 aliphatic carbocycles. The number of anilines is 1. The smallest absolute Gasteiger partial charge is 0.225 e. The van der Waals surface area contributed by atoms with Crippen LogP contribution >= 0.6 is 35.6 Å². The average molecular weight is 544 g/mol. The number of nitrogens with one attached hydrogen (secondary N) is 1. The van der Waals surface area contributed by atoms with Crippen molar-refractivity contribution >= 4 is 47.5 Å². The van der Waals surface area contributed by atoms with Crippen molar-refractivity contribution in [3.8, 4) is 0 Å². The monoisotopic (exact) mass is 543 g/mol. The normalized spacial score (nSPS) is 14.9. The highest BCUT2D eigenvalue weighted by Crippen LogP contribution is 2.12. The number of piperazine rings is 1. The zero-order valence-electron chi connectivity index (χ0n) is 17.7. The van der Waals surface area contributed by atoms with E-state index >= 15 is 0 Å². The number of benzene rings is 1. The van der Waals surface area contributed by atoms with Crippen molar-refractivity contribution in [1.29, 1.82) is 0 Å². The Morgan fingerprint density at radius 3 is 2.57 bits per heavy atom. The maximum absolute atomic E-state index is 6.08. The summed E-state index contributed by atoms with van der Waals surface area (Å²) < 4.78 is 0. The van der Waals surface area contributed by atoms with E-state index in [0.29, 0.717) is 0 Å². The van der Waals surface area contributed by atoms with E-state index in [0.717, 1.165) is 69.2 Å². The van der Waals surface area contributed by atoms with Gasteiger partial charge in [-0.15, -0.1) is 24.0 Å². The van der Waals surface area contributed by atoms with Crippen molar-refractivity contribution in [2.75, 3.05) is 58.3 Å². The van der Waals surface area contributed by atoms with E-state index in [2.05, 4.69) is 41.0 Å². The van der Waals surface area contributed by atoms with Crippen molar-refractivity contribution < 1.29 is 0 Å². The lowest BCUT2D eigenvalue weighted by atomic mass is 10.2. The SMILES string of the molecule is CN=C(NCCCN1CCN(c2ncccn2)CC1)N(C)Cc1cccc(Cl)c1.I. The number of guanidine groups is 1. The van der Waals surface area contributed by atoms with Gasteiger partial charge in [-0.1, -0.05) is 23.7 Å². The van der Waals surface area contributed by atoms with E-state index < -0.39 is 0 Å². The van der Waals surface area contributed by atoms with Crippen molar-refractivity contribution in [2.24, 2.45) is 4.99 Å². The molecular formula is C21H31ClIN7. The van der Waals surface area contributed by atoms with Gasteiger partial charge in [0.15, 0.2) is 5.96 Å². The highest BCUT2D eigenvalue weighted by atomic mass is 127. The lowest BCUT2D eigenvalue weighted by Crippen LogP contribution is -2.47. The van der Waals surface area contributed by atoms with Crippen LogP contribution in [-0.4, -0.2) is 79.1 Å². The molecule has 1 aliphatic heterocycles. The second kappa shape index (κ2) is 12.9. The molecule has 1 aliphatic rings. The second-order valence-electron chi connectivity index (χ2n) is 7.19. The standard InChI is InChI=1S/C21H30ClN7.HI/c1-23-20(27(2)17-18-6-3-7-19(22)16-18)24-10-5-11-28-12-14-29(15-13-28)21-25-8-4-9-26-21;/h3-4,6-9,16H,5,10-15,17H2,1-2H3,(H,23,24);1H. The Bertz CT molecular complexity index is 782. The topological polar surface area (TPSA) is 59.9 Å². The third-order valence-corrected chi connectivity index (χ3v) is 5.26. The highest BCUT2D eigenvalue weighted by molar-refractivity contribution is 14.0. The van der Waals surface area contributed by atoms with Crippen LogP contribution in [0.4, 0.5) is 5.95 Å². The van der Waals surface area contributed by atoms with E-state index in [4.69, 9.17) is 11.6 Å². The summed E-state index contributed by atoms with van der Waals surface area (Å²) in [6, 6.07) is 9.80. The van der Waals surface area contributed by atoms with Gasteiger partial charge in [0, 0.05) is 70.8 Å². The number of halogens is 2. The number of hydrogen-bond acceptors (Lipinski definition) is 5. The van der Waals surface area contributed by atoms with Gasteiger partial charge in [-0.25, -0.2) is 9.97 Å². The Kier molecular flexibility index (Phi) is 10.6. The lowest BCUT2D eigenvalue weighted by Gasteiger charge is -2.34. The summed E-state index contributed by atoms with van der Waals surface area (Å²) in [5, 5.41) is 4.23. The minimum atomic E-state index is 0. The molecule has 30 heavy (non-hydrogen) atoms. The maximum Gasteiger partial charge on any atom is 0.225 e. The van der Waals surface area contributed by atoms with Crippen LogP contribution in [0.3, 0.4) is 0 Å². The van der Waals surface area contributed by atoms with Crippen LogP contribution in [0.25, 0.3) is 0 Å². The Morgan fingerprint density at radius 1 is 1.17 bits per heavy atom. The highest BCUT2D eigenvalue weighted by Gasteiger charge is 2.18. The molecule has 164 valence electrons. The van der Waals surface area contributed by atoms with Crippen molar-refractivity contribution in [3.05, 3.63) is 53.3 Å². The molecule has 1 aromatic heterocycles. The van der Waals surface area contributed by atoms with E-state index in [1.54, 1.807) is 12.4 Å². The van der Waals surface area contributed by atoms with Crippen LogP contribution in [0.1, 0.15) is 12.0 Å². The van der Waals surface area contributed by atoms with Crippen LogP contribution in [0.15, 0.2) is 47.7 Å². The molecular weight excluding hydrogens is 513 g/mol. The van der Waals surface area contributed by atoms with Gasteiger partial charge in [0.2, 0.25) is 5.95 Å². The maximum atomic E-state index is 6.08. The number of hydrogen-bond donors (Lipinski definition) is 1. The van der Waals surface area contributed by atoms with Crippen LogP contribution in [0.2, 0.25) is 5.02 Å². The molecule has 0 saturated carbocycles. The van der Waals surface area contributed by atoms with Gasteiger partial charge < -0.3 is 15.1 Å². The quantitative estimate of drug-likeness (QED) is 0.251. The van der Waals surface area contributed by atoms with Crippen molar-refractivity contribution in [3.63, 3.8) is 0 Å². The molecule has 1 fully saturated rings. The van der Waals surface area contributed by atoms with Gasteiger partial charge in [-0.05, 0) is 36.7 Å². The summed E-state index contributed by atoms with van der Waals surface area (Å²) in [6.07, 6.45) is 4.68. The Labute approximate surface area is 201 Å². The van der Waals surface area contributed by atoms with Gasteiger partial charge in [0.25, 0.3) is 0 Å². The third-order valence-electron chi connectivity index (χ3n) is 5.02. The molecule has 3 rings (SSSR count). The van der Waals surface area contributed by atoms with Crippen LogP contribution < -0.4 is 10.2 Å². The van der Waals surface area contributed by atoms with E-state index in [1.807, 2.05) is 38.4 Å². The second-order valence-corrected chi connectivity index (χ2v) is 7.63. The molecule has 2 aromatic rings.